The normalized spacial score (nSPS) is 26.2. The first-order valence-corrected chi connectivity index (χ1v) is 7.80. The molecule has 136 valence electrons. The maximum Gasteiger partial charge on any atom is 0.330 e. The van der Waals surface area contributed by atoms with Crippen molar-refractivity contribution in [1.29, 1.82) is 0 Å². The minimum atomic E-state index is -1.42. The van der Waals surface area contributed by atoms with E-state index in [-0.39, 0.29) is 12.0 Å². The highest BCUT2D eigenvalue weighted by molar-refractivity contribution is 5.14. The fourth-order valence-corrected chi connectivity index (χ4v) is 2.72. The lowest BCUT2D eigenvalue weighted by atomic mass is 10.1. The van der Waals surface area contributed by atoms with Gasteiger partial charge in [-0.15, -0.1) is 5.10 Å². The largest absolute Gasteiger partial charge is 0.394 e. The van der Waals surface area contributed by atoms with E-state index in [4.69, 9.17) is 9.84 Å². The standard InChI is InChI=1S/C14H19N5O6/c1-2-18-5-8(16-17-18)3-7-4-19(14(24)15-12(7)23)13-11(22)10(21)9(6-20)25-13/h4-5,9-11,13,20-22H,2-3,6H2,1H3,(H,15,23,24)/t9-,10?,11+,13-/m1/s1. The minimum Gasteiger partial charge on any atom is -0.394 e. The molecule has 2 aromatic heterocycles. The predicted molar refractivity (Wildman–Crippen MR) is 82.8 cm³/mol. The zero-order valence-corrected chi connectivity index (χ0v) is 13.4. The SMILES string of the molecule is CCn1cc(Cc2cn([C@@H]3O[C@H](CO)C(O)[C@@H]3O)c(=O)[nH]c2=O)nn1. The van der Waals surface area contributed by atoms with Crippen molar-refractivity contribution >= 4 is 0 Å². The van der Waals surface area contributed by atoms with Crippen molar-refractivity contribution in [3.8, 4) is 0 Å². The number of aromatic amines is 1. The number of ether oxygens (including phenoxy) is 1. The van der Waals surface area contributed by atoms with E-state index >= 15 is 0 Å². The number of H-pyrrole nitrogens is 1. The molecule has 0 spiro atoms. The van der Waals surface area contributed by atoms with Crippen molar-refractivity contribution in [2.24, 2.45) is 0 Å². The summed E-state index contributed by atoms with van der Waals surface area (Å²) in [6.07, 6.45) is -1.94. The van der Waals surface area contributed by atoms with E-state index in [1.54, 1.807) is 10.9 Å². The molecule has 11 heteroatoms. The van der Waals surface area contributed by atoms with Gasteiger partial charge >= 0.3 is 5.69 Å². The number of rotatable bonds is 5. The molecular formula is C14H19N5O6. The first-order valence-electron chi connectivity index (χ1n) is 7.80. The number of aliphatic hydroxyl groups is 3. The van der Waals surface area contributed by atoms with Crippen LogP contribution in [0.5, 0.6) is 0 Å². The van der Waals surface area contributed by atoms with Crippen LogP contribution in [-0.4, -0.2) is 64.8 Å². The van der Waals surface area contributed by atoms with Crippen LogP contribution in [0.15, 0.2) is 22.0 Å². The zero-order valence-electron chi connectivity index (χ0n) is 13.4. The van der Waals surface area contributed by atoms with Crippen molar-refractivity contribution in [3.05, 3.63) is 44.5 Å². The van der Waals surface area contributed by atoms with Gasteiger partial charge in [-0.3, -0.25) is 19.0 Å². The van der Waals surface area contributed by atoms with Crippen molar-refractivity contribution in [1.82, 2.24) is 24.5 Å². The predicted octanol–water partition coefficient (Wildman–Crippen LogP) is -2.65. The lowest BCUT2D eigenvalue weighted by molar-refractivity contribution is -0.0551. The summed E-state index contributed by atoms with van der Waals surface area (Å²) in [6.45, 7) is 2.01. The molecule has 0 saturated carbocycles. The summed E-state index contributed by atoms with van der Waals surface area (Å²) in [5.74, 6) is 0. The van der Waals surface area contributed by atoms with Crippen LogP contribution < -0.4 is 11.2 Å². The van der Waals surface area contributed by atoms with Crippen LogP contribution in [0, 0.1) is 0 Å². The third kappa shape index (κ3) is 3.26. The molecule has 3 heterocycles. The number of nitrogens with one attached hydrogen (secondary N) is 1. The third-order valence-corrected chi connectivity index (χ3v) is 4.11. The maximum atomic E-state index is 12.1. The van der Waals surface area contributed by atoms with Crippen molar-refractivity contribution in [2.45, 2.75) is 44.4 Å². The van der Waals surface area contributed by atoms with Gasteiger partial charge in [0, 0.05) is 30.9 Å². The summed E-state index contributed by atoms with van der Waals surface area (Å²) in [5, 5.41) is 36.9. The van der Waals surface area contributed by atoms with Gasteiger partial charge in [0.25, 0.3) is 5.56 Å². The van der Waals surface area contributed by atoms with E-state index in [9.17, 15) is 19.8 Å². The topological polar surface area (TPSA) is 155 Å². The quantitative estimate of drug-likeness (QED) is 0.454. The van der Waals surface area contributed by atoms with Crippen LogP contribution in [0.3, 0.4) is 0 Å². The Morgan fingerprint density at radius 3 is 2.64 bits per heavy atom. The smallest absolute Gasteiger partial charge is 0.330 e. The molecule has 4 atom stereocenters. The lowest BCUT2D eigenvalue weighted by Gasteiger charge is -2.17. The monoisotopic (exact) mass is 353 g/mol. The van der Waals surface area contributed by atoms with Crippen molar-refractivity contribution in [3.63, 3.8) is 0 Å². The Labute approximate surface area is 141 Å². The fraction of sp³-hybridized carbons (Fsp3) is 0.571. The molecule has 0 bridgehead atoms. The Morgan fingerprint density at radius 2 is 2.04 bits per heavy atom. The average molecular weight is 353 g/mol. The van der Waals surface area contributed by atoms with Crippen LogP contribution in [-0.2, 0) is 17.7 Å². The van der Waals surface area contributed by atoms with E-state index in [1.165, 1.54) is 6.20 Å². The summed E-state index contributed by atoms with van der Waals surface area (Å²) in [4.78, 5) is 26.3. The second-order valence-electron chi connectivity index (χ2n) is 5.79. The van der Waals surface area contributed by atoms with Gasteiger partial charge in [0.2, 0.25) is 0 Å². The van der Waals surface area contributed by atoms with Crippen LogP contribution in [0.4, 0.5) is 0 Å². The number of hydrogen-bond acceptors (Lipinski definition) is 8. The number of aryl methyl sites for hydroxylation is 1. The average Bonchev–Trinajstić information content (AvgIpc) is 3.16. The number of aromatic nitrogens is 5. The molecule has 1 aliphatic rings. The Balaban J connectivity index is 1.93. The van der Waals surface area contributed by atoms with E-state index in [0.717, 1.165) is 4.57 Å². The molecule has 1 unspecified atom stereocenters. The van der Waals surface area contributed by atoms with Crippen LogP contribution in [0.25, 0.3) is 0 Å². The van der Waals surface area contributed by atoms with Gasteiger partial charge < -0.3 is 20.1 Å². The highest BCUT2D eigenvalue weighted by Crippen LogP contribution is 2.28. The van der Waals surface area contributed by atoms with E-state index < -0.39 is 42.4 Å². The number of hydrogen-bond donors (Lipinski definition) is 4. The Morgan fingerprint density at radius 1 is 1.28 bits per heavy atom. The highest BCUT2D eigenvalue weighted by atomic mass is 16.6. The van der Waals surface area contributed by atoms with Gasteiger partial charge in [-0.1, -0.05) is 5.21 Å². The molecular weight excluding hydrogens is 334 g/mol. The summed E-state index contributed by atoms with van der Waals surface area (Å²) in [7, 11) is 0. The molecule has 1 fully saturated rings. The summed E-state index contributed by atoms with van der Waals surface area (Å²) in [5.41, 5.74) is -0.612. The molecule has 0 aliphatic carbocycles. The Hall–Kier alpha value is -2.34. The minimum absolute atomic E-state index is 0.129. The molecule has 1 aliphatic heterocycles. The van der Waals surface area contributed by atoms with Crippen LogP contribution >= 0.6 is 0 Å². The van der Waals surface area contributed by atoms with Gasteiger partial charge in [0.15, 0.2) is 6.23 Å². The third-order valence-electron chi connectivity index (χ3n) is 4.11. The van der Waals surface area contributed by atoms with Crippen LogP contribution in [0.1, 0.15) is 24.4 Å². The molecule has 0 aromatic carbocycles. The number of nitrogens with zero attached hydrogens (tertiary/aromatic N) is 4. The first kappa shape index (κ1) is 17.5. The maximum absolute atomic E-state index is 12.1. The fourth-order valence-electron chi connectivity index (χ4n) is 2.72. The van der Waals surface area contributed by atoms with Gasteiger partial charge in [0.05, 0.1) is 12.3 Å². The molecule has 25 heavy (non-hydrogen) atoms. The first-order chi connectivity index (χ1) is 11.9. The molecule has 4 N–H and O–H groups in total. The van der Waals surface area contributed by atoms with Gasteiger partial charge in [-0.25, -0.2) is 4.79 Å². The Kier molecular flexibility index (Phi) is 4.81. The molecule has 11 nitrogen and oxygen atoms in total. The molecule has 1 saturated heterocycles. The van der Waals surface area contributed by atoms with E-state index in [0.29, 0.717) is 12.2 Å². The molecule has 2 aromatic rings. The lowest BCUT2D eigenvalue weighted by Crippen LogP contribution is -2.39. The zero-order chi connectivity index (χ0) is 18.1. The van der Waals surface area contributed by atoms with E-state index in [2.05, 4.69) is 15.3 Å². The van der Waals surface area contributed by atoms with Crippen molar-refractivity contribution < 1.29 is 20.1 Å². The highest BCUT2D eigenvalue weighted by Gasteiger charge is 2.43. The summed E-state index contributed by atoms with van der Waals surface area (Å²) in [6, 6.07) is 0. The Bertz CT molecular complexity index is 858. The molecule has 3 rings (SSSR count). The van der Waals surface area contributed by atoms with Crippen LogP contribution in [0.2, 0.25) is 0 Å². The summed E-state index contributed by atoms with van der Waals surface area (Å²) < 4.78 is 7.92. The molecule has 0 amide bonds. The van der Waals surface area contributed by atoms with E-state index in [1.807, 2.05) is 6.92 Å². The number of aliphatic hydroxyl groups excluding tert-OH is 3. The van der Waals surface area contributed by atoms with Crippen molar-refractivity contribution in [2.75, 3.05) is 6.61 Å². The second-order valence-corrected chi connectivity index (χ2v) is 5.79. The van der Waals surface area contributed by atoms with Gasteiger partial charge in [-0.05, 0) is 6.92 Å². The van der Waals surface area contributed by atoms with Gasteiger partial charge in [-0.2, -0.15) is 0 Å². The second kappa shape index (κ2) is 6.88. The summed E-state index contributed by atoms with van der Waals surface area (Å²) >= 11 is 0. The molecule has 0 radical (unpaired) electrons. The van der Waals surface area contributed by atoms with Gasteiger partial charge in [0.1, 0.15) is 18.3 Å².